The highest BCUT2D eigenvalue weighted by Crippen LogP contribution is 2.36. The molecule has 1 amide bonds. The van der Waals surface area contributed by atoms with Crippen molar-refractivity contribution in [3.63, 3.8) is 0 Å². The van der Waals surface area contributed by atoms with Gasteiger partial charge in [-0.2, -0.15) is 5.26 Å². The Kier molecular flexibility index (Phi) is 4.00. The number of halogens is 1. The number of fused-ring (bicyclic) bond motifs is 1. The number of ether oxygens (including phenoxy) is 1. The van der Waals surface area contributed by atoms with Gasteiger partial charge in [-0.3, -0.25) is 4.79 Å². The van der Waals surface area contributed by atoms with Gasteiger partial charge >= 0.3 is 0 Å². The second-order valence-electron chi connectivity index (χ2n) is 6.62. The number of pyridine rings is 1. The number of nitrogens with zero attached hydrogens (tertiary/aromatic N) is 4. The molecular weight excluding hydrogens is 349 g/mol. The zero-order chi connectivity index (χ0) is 19.1. The normalized spacial score (nSPS) is 18.1. The number of anilines is 1. The molecule has 1 N–H and O–H groups in total. The summed E-state index contributed by atoms with van der Waals surface area (Å²) in [5, 5.41) is 11.8. The van der Waals surface area contributed by atoms with Crippen LogP contribution in [0, 0.1) is 24.2 Å². The topological polar surface area (TPSA) is 92.8 Å². The number of alkyl halides is 1. The Morgan fingerprint density at radius 1 is 1.41 bits per heavy atom. The lowest BCUT2D eigenvalue weighted by molar-refractivity contribution is -0.117. The van der Waals surface area contributed by atoms with Crippen molar-refractivity contribution in [2.45, 2.75) is 19.5 Å². The molecule has 0 spiro atoms. The summed E-state index contributed by atoms with van der Waals surface area (Å²) in [5.41, 5.74) is 2.87. The van der Waals surface area contributed by atoms with Crippen LogP contribution < -0.4 is 10.1 Å². The van der Waals surface area contributed by atoms with E-state index in [9.17, 15) is 9.18 Å². The van der Waals surface area contributed by atoms with Crippen LogP contribution in [0.4, 0.5) is 10.1 Å². The number of carbonyl (C=O) groups excluding carboxylic acids is 1. The van der Waals surface area contributed by atoms with Crippen LogP contribution in [0.2, 0.25) is 0 Å². The number of carbonyl (C=O) groups is 1. The smallest absolute Gasteiger partial charge is 0.230 e. The highest BCUT2D eigenvalue weighted by molar-refractivity contribution is 6.02. The van der Waals surface area contributed by atoms with Crippen molar-refractivity contribution in [1.82, 2.24) is 14.5 Å². The molecule has 27 heavy (non-hydrogen) atoms. The van der Waals surface area contributed by atoms with Gasteiger partial charge in [0.25, 0.3) is 0 Å². The minimum absolute atomic E-state index is 0.248. The molecule has 7 nitrogen and oxygen atoms in total. The van der Waals surface area contributed by atoms with Crippen LogP contribution in [-0.2, 0) is 11.8 Å². The van der Waals surface area contributed by atoms with E-state index < -0.39 is 12.1 Å². The van der Waals surface area contributed by atoms with E-state index in [-0.39, 0.29) is 23.9 Å². The molecule has 0 radical (unpaired) electrons. The number of hydrogen-bond acceptors (Lipinski definition) is 5. The second-order valence-corrected chi connectivity index (χ2v) is 6.62. The van der Waals surface area contributed by atoms with E-state index in [4.69, 9.17) is 10.00 Å². The van der Waals surface area contributed by atoms with Crippen LogP contribution in [-0.4, -0.2) is 26.6 Å². The quantitative estimate of drug-likeness (QED) is 0.766. The van der Waals surface area contributed by atoms with Gasteiger partial charge in [-0.15, -0.1) is 0 Å². The number of nitriles is 1. The van der Waals surface area contributed by atoms with Crippen molar-refractivity contribution < 1.29 is 13.9 Å². The number of amides is 1. The van der Waals surface area contributed by atoms with E-state index in [0.29, 0.717) is 17.0 Å². The molecule has 2 atom stereocenters. The molecule has 1 saturated carbocycles. The van der Waals surface area contributed by atoms with Crippen molar-refractivity contribution in [2.75, 3.05) is 5.32 Å². The van der Waals surface area contributed by atoms with E-state index in [1.807, 2.05) is 20.0 Å². The van der Waals surface area contributed by atoms with E-state index in [1.54, 1.807) is 35.2 Å². The maximum atomic E-state index is 13.2. The molecule has 136 valence electrons. The summed E-state index contributed by atoms with van der Waals surface area (Å²) in [4.78, 5) is 20.6. The molecule has 2 unspecified atom stereocenters. The molecule has 8 heteroatoms. The molecule has 0 saturated heterocycles. The predicted octanol–water partition coefficient (Wildman–Crippen LogP) is 3.24. The van der Waals surface area contributed by atoms with Crippen LogP contribution in [0.25, 0.3) is 11.0 Å². The summed E-state index contributed by atoms with van der Waals surface area (Å²) >= 11 is 0. The first-order chi connectivity index (χ1) is 12.9. The van der Waals surface area contributed by atoms with Crippen molar-refractivity contribution in [3.05, 3.63) is 41.9 Å². The average Bonchev–Trinajstić information content (AvgIpc) is 3.25. The maximum Gasteiger partial charge on any atom is 0.230 e. The molecule has 1 aromatic carbocycles. The molecular formula is C19H16FN5O2. The van der Waals surface area contributed by atoms with Gasteiger partial charge in [0, 0.05) is 25.2 Å². The first-order valence-electron chi connectivity index (χ1n) is 8.41. The molecule has 2 heterocycles. The van der Waals surface area contributed by atoms with Gasteiger partial charge in [0.15, 0.2) is 0 Å². The fourth-order valence-electron chi connectivity index (χ4n) is 2.89. The van der Waals surface area contributed by atoms with Crippen molar-refractivity contribution in [3.8, 4) is 17.7 Å². The van der Waals surface area contributed by atoms with Gasteiger partial charge in [-0.05, 0) is 25.0 Å². The van der Waals surface area contributed by atoms with Crippen LogP contribution in [0.15, 0.2) is 30.6 Å². The van der Waals surface area contributed by atoms with Gasteiger partial charge in [0.1, 0.15) is 29.2 Å². The Morgan fingerprint density at radius 2 is 2.19 bits per heavy atom. The van der Waals surface area contributed by atoms with E-state index >= 15 is 0 Å². The zero-order valence-electron chi connectivity index (χ0n) is 14.7. The number of hydrogen-bond donors (Lipinski definition) is 1. The first kappa shape index (κ1) is 17.0. The fourth-order valence-corrected chi connectivity index (χ4v) is 2.89. The molecule has 4 rings (SSSR count). The Morgan fingerprint density at radius 3 is 2.89 bits per heavy atom. The highest BCUT2D eigenvalue weighted by atomic mass is 19.1. The molecule has 1 aliphatic rings. The standard InChI is InChI=1S/C19H16FN5O2/c1-10-3-11(8-21)23-17(4-10)27-12-5-15(24-19(26)13-7-14(13)20)18-16(6-12)25(2)9-22-18/h3-6,9,13-14H,7H2,1-2H3,(H,24,26). The van der Waals surface area contributed by atoms with Gasteiger partial charge in [0.2, 0.25) is 11.8 Å². The molecule has 2 aromatic heterocycles. The highest BCUT2D eigenvalue weighted by Gasteiger charge is 2.43. The van der Waals surface area contributed by atoms with Crippen LogP contribution in [0.5, 0.6) is 11.6 Å². The first-order valence-corrected chi connectivity index (χ1v) is 8.41. The zero-order valence-corrected chi connectivity index (χ0v) is 14.7. The number of aryl methyl sites for hydroxylation is 2. The number of nitrogens with one attached hydrogen (secondary N) is 1. The Labute approximate surface area is 154 Å². The summed E-state index contributed by atoms with van der Waals surface area (Å²) in [7, 11) is 1.82. The lowest BCUT2D eigenvalue weighted by Crippen LogP contribution is -2.15. The second kappa shape index (κ2) is 6.36. The van der Waals surface area contributed by atoms with Gasteiger partial charge in [-0.1, -0.05) is 0 Å². The third kappa shape index (κ3) is 3.31. The number of rotatable bonds is 4. The molecule has 1 aliphatic carbocycles. The summed E-state index contributed by atoms with van der Waals surface area (Å²) in [6.45, 7) is 1.84. The van der Waals surface area contributed by atoms with E-state index in [1.165, 1.54) is 0 Å². The Hall–Kier alpha value is -3.47. The summed E-state index contributed by atoms with van der Waals surface area (Å²) in [5.74, 6) is -0.274. The number of aromatic nitrogens is 3. The molecule has 3 aromatic rings. The minimum atomic E-state index is -1.08. The third-order valence-corrected chi connectivity index (χ3v) is 4.39. The molecule has 1 fully saturated rings. The number of benzene rings is 1. The Balaban J connectivity index is 1.71. The third-order valence-electron chi connectivity index (χ3n) is 4.39. The molecule has 0 aliphatic heterocycles. The van der Waals surface area contributed by atoms with Gasteiger partial charge in [-0.25, -0.2) is 14.4 Å². The predicted molar refractivity (Wildman–Crippen MR) is 96.1 cm³/mol. The van der Waals surface area contributed by atoms with Crippen LogP contribution in [0.1, 0.15) is 17.7 Å². The van der Waals surface area contributed by atoms with Crippen molar-refractivity contribution in [2.24, 2.45) is 13.0 Å². The summed E-state index contributed by atoms with van der Waals surface area (Å²) in [6.07, 6.45) is 0.791. The maximum absolute atomic E-state index is 13.2. The lowest BCUT2D eigenvalue weighted by atomic mass is 10.2. The number of imidazole rings is 1. The average molecular weight is 365 g/mol. The van der Waals surface area contributed by atoms with Gasteiger partial charge in [0.05, 0.1) is 23.4 Å². The Bertz CT molecular complexity index is 1100. The SMILES string of the molecule is Cc1cc(C#N)nc(Oc2cc(NC(=O)C3CC3F)c3ncn(C)c3c2)c1. The minimum Gasteiger partial charge on any atom is -0.439 e. The monoisotopic (exact) mass is 365 g/mol. The van der Waals surface area contributed by atoms with Gasteiger partial charge < -0.3 is 14.6 Å². The van der Waals surface area contributed by atoms with Crippen molar-refractivity contribution >= 4 is 22.6 Å². The lowest BCUT2D eigenvalue weighted by Gasteiger charge is -2.11. The fraction of sp³-hybridized carbons (Fsp3) is 0.263. The van der Waals surface area contributed by atoms with E-state index in [2.05, 4.69) is 15.3 Å². The van der Waals surface area contributed by atoms with Crippen molar-refractivity contribution in [1.29, 1.82) is 5.26 Å². The summed E-state index contributed by atoms with van der Waals surface area (Å²) in [6, 6.07) is 8.75. The molecule has 0 bridgehead atoms. The van der Waals surface area contributed by atoms with Crippen LogP contribution in [0.3, 0.4) is 0 Å². The largest absolute Gasteiger partial charge is 0.439 e. The van der Waals surface area contributed by atoms with E-state index in [0.717, 1.165) is 11.1 Å². The summed E-state index contributed by atoms with van der Waals surface area (Å²) < 4.78 is 20.8. The van der Waals surface area contributed by atoms with Crippen LogP contribution >= 0.6 is 0 Å².